The van der Waals surface area contributed by atoms with Crippen molar-refractivity contribution >= 4 is 0 Å². The lowest BCUT2D eigenvalue weighted by atomic mass is 9.92. The van der Waals surface area contributed by atoms with Crippen LogP contribution in [0.2, 0.25) is 0 Å². The predicted molar refractivity (Wildman–Crippen MR) is 86.8 cm³/mol. The van der Waals surface area contributed by atoms with Crippen molar-refractivity contribution in [2.75, 3.05) is 6.54 Å². The molecule has 1 unspecified atom stereocenters. The molecule has 0 spiro atoms. The van der Waals surface area contributed by atoms with Crippen LogP contribution in [0.5, 0.6) is 0 Å². The monoisotopic (exact) mass is 267 g/mol. The quantitative estimate of drug-likeness (QED) is 0.802. The lowest BCUT2D eigenvalue weighted by molar-refractivity contribution is 0.476. The zero-order chi connectivity index (χ0) is 14.2. The van der Waals surface area contributed by atoms with Crippen LogP contribution < -0.4 is 5.73 Å². The first-order valence-corrected chi connectivity index (χ1v) is 7.57. The number of nitrogens with two attached hydrogens (primary N) is 1. The van der Waals surface area contributed by atoms with Crippen LogP contribution in [0.3, 0.4) is 0 Å². The van der Waals surface area contributed by atoms with Gasteiger partial charge in [0.1, 0.15) is 0 Å². The Hall–Kier alpha value is -1.60. The molecule has 0 aromatic heterocycles. The van der Waals surface area contributed by atoms with Gasteiger partial charge in [-0.15, -0.1) is 0 Å². The van der Waals surface area contributed by atoms with Gasteiger partial charge < -0.3 is 5.73 Å². The van der Waals surface area contributed by atoms with E-state index in [1.54, 1.807) is 0 Å². The first-order chi connectivity index (χ1) is 9.78. The Morgan fingerprint density at radius 1 is 0.950 bits per heavy atom. The van der Waals surface area contributed by atoms with Gasteiger partial charge in [0.25, 0.3) is 0 Å². The van der Waals surface area contributed by atoms with Gasteiger partial charge in [0.2, 0.25) is 0 Å². The van der Waals surface area contributed by atoms with Crippen LogP contribution in [0.4, 0.5) is 0 Å². The molecule has 106 valence electrons. The van der Waals surface area contributed by atoms with Gasteiger partial charge in [-0.2, -0.15) is 0 Å². The smallest absolute Gasteiger partial charge is 0.00457 e. The van der Waals surface area contributed by atoms with Crippen LogP contribution in [0.1, 0.15) is 29.5 Å². The number of hydrogen-bond acceptors (Lipinski definition) is 1. The summed E-state index contributed by atoms with van der Waals surface area (Å²) in [6.45, 7) is 2.93. The molecular weight excluding hydrogens is 242 g/mol. The highest BCUT2D eigenvalue weighted by molar-refractivity contribution is 5.22. The first-order valence-electron chi connectivity index (χ1n) is 7.57. The summed E-state index contributed by atoms with van der Waals surface area (Å²) in [5.41, 5.74) is 10.1. The van der Waals surface area contributed by atoms with E-state index in [0.717, 1.165) is 19.4 Å². The third-order valence-electron chi connectivity index (χ3n) is 3.86. The molecule has 2 aromatic rings. The minimum absolute atomic E-state index is 0.598. The number of rotatable bonds is 7. The fraction of sp³-hybridized carbons (Fsp3) is 0.368. The predicted octanol–water partition coefficient (Wildman–Crippen LogP) is 4.14. The molecule has 0 radical (unpaired) electrons. The van der Waals surface area contributed by atoms with E-state index in [1.807, 2.05) is 0 Å². The molecule has 0 saturated heterocycles. The average Bonchev–Trinajstić information content (AvgIpc) is 2.47. The van der Waals surface area contributed by atoms with Gasteiger partial charge in [-0.25, -0.2) is 0 Å². The number of hydrogen-bond donors (Lipinski definition) is 1. The van der Waals surface area contributed by atoms with Crippen molar-refractivity contribution in [2.45, 2.75) is 32.6 Å². The summed E-state index contributed by atoms with van der Waals surface area (Å²) in [5.74, 6) is 0.598. The summed E-state index contributed by atoms with van der Waals surface area (Å²) in [5, 5.41) is 0. The van der Waals surface area contributed by atoms with Crippen LogP contribution >= 0.6 is 0 Å². The second kappa shape index (κ2) is 7.86. The van der Waals surface area contributed by atoms with E-state index in [1.165, 1.54) is 29.5 Å². The Morgan fingerprint density at radius 3 is 2.40 bits per heavy atom. The normalized spacial score (nSPS) is 12.3. The zero-order valence-corrected chi connectivity index (χ0v) is 12.4. The molecule has 1 heteroatoms. The van der Waals surface area contributed by atoms with E-state index in [2.05, 4.69) is 61.5 Å². The zero-order valence-electron chi connectivity index (χ0n) is 12.4. The van der Waals surface area contributed by atoms with E-state index in [-0.39, 0.29) is 0 Å². The van der Waals surface area contributed by atoms with Gasteiger partial charge in [0.15, 0.2) is 0 Å². The van der Waals surface area contributed by atoms with Crippen LogP contribution in [0.15, 0.2) is 54.6 Å². The van der Waals surface area contributed by atoms with E-state index in [0.29, 0.717) is 5.92 Å². The van der Waals surface area contributed by atoms with Crippen molar-refractivity contribution in [3.8, 4) is 0 Å². The summed E-state index contributed by atoms with van der Waals surface area (Å²) >= 11 is 0. The average molecular weight is 267 g/mol. The van der Waals surface area contributed by atoms with Gasteiger partial charge in [-0.1, -0.05) is 60.2 Å². The summed E-state index contributed by atoms with van der Waals surface area (Å²) in [6, 6.07) is 19.5. The maximum atomic E-state index is 5.94. The molecule has 0 aliphatic carbocycles. The van der Waals surface area contributed by atoms with Gasteiger partial charge in [-0.05, 0) is 56.2 Å². The largest absolute Gasteiger partial charge is 0.330 e. The molecule has 2 rings (SSSR count). The fourth-order valence-electron chi connectivity index (χ4n) is 2.72. The molecule has 0 amide bonds. The molecule has 0 aliphatic rings. The summed E-state index contributed by atoms with van der Waals surface area (Å²) in [4.78, 5) is 0. The molecule has 20 heavy (non-hydrogen) atoms. The standard InChI is InChI=1S/C19H25N/c1-16-7-5-11-18(13-16)14-19(15-20)12-6-10-17-8-3-2-4-9-17/h2-5,7-9,11,13,19H,6,10,12,14-15,20H2,1H3. The summed E-state index contributed by atoms with van der Waals surface area (Å²) < 4.78 is 0. The molecular formula is C19H25N. The highest BCUT2D eigenvalue weighted by Gasteiger charge is 2.08. The van der Waals surface area contributed by atoms with E-state index in [9.17, 15) is 0 Å². The molecule has 1 nitrogen and oxygen atoms in total. The Kier molecular flexibility index (Phi) is 5.82. The molecule has 0 saturated carbocycles. The van der Waals surface area contributed by atoms with Crippen molar-refractivity contribution < 1.29 is 0 Å². The molecule has 2 aromatic carbocycles. The van der Waals surface area contributed by atoms with Crippen LogP contribution in [-0.2, 0) is 12.8 Å². The Labute approximate surface area is 122 Å². The SMILES string of the molecule is Cc1cccc(CC(CN)CCCc2ccccc2)c1. The minimum Gasteiger partial charge on any atom is -0.330 e. The number of aryl methyl sites for hydroxylation is 2. The summed E-state index contributed by atoms with van der Waals surface area (Å²) in [6.07, 6.45) is 4.69. The highest BCUT2D eigenvalue weighted by atomic mass is 14.5. The minimum atomic E-state index is 0.598. The van der Waals surface area contributed by atoms with Crippen molar-refractivity contribution in [3.63, 3.8) is 0 Å². The van der Waals surface area contributed by atoms with Crippen LogP contribution in [0, 0.1) is 12.8 Å². The second-order valence-electron chi connectivity index (χ2n) is 5.67. The van der Waals surface area contributed by atoms with Crippen molar-refractivity contribution in [2.24, 2.45) is 11.7 Å². The van der Waals surface area contributed by atoms with E-state index < -0.39 is 0 Å². The van der Waals surface area contributed by atoms with Gasteiger partial charge in [0.05, 0.1) is 0 Å². The molecule has 2 N–H and O–H groups in total. The van der Waals surface area contributed by atoms with Crippen molar-refractivity contribution in [3.05, 3.63) is 71.3 Å². The highest BCUT2D eigenvalue weighted by Crippen LogP contribution is 2.16. The third kappa shape index (κ3) is 4.82. The van der Waals surface area contributed by atoms with E-state index >= 15 is 0 Å². The van der Waals surface area contributed by atoms with E-state index in [4.69, 9.17) is 5.73 Å². The molecule has 0 fully saturated rings. The third-order valence-corrected chi connectivity index (χ3v) is 3.86. The Morgan fingerprint density at radius 2 is 1.70 bits per heavy atom. The molecule has 1 atom stereocenters. The topological polar surface area (TPSA) is 26.0 Å². The van der Waals surface area contributed by atoms with Gasteiger partial charge >= 0.3 is 0 Å². The van der Waals surface area contributed by atoms with Crippen molar-refractivity contribution in [1.82, 2.24) is 0 Å². The number of benzene rings is 2. The maximum Gasteiger partial charge on any atom is -0.00457 e. The maximum absolute atomic E-state index is 5.94. The van der Waals surface area contributed by atoms with Crippen molar-refractivity contribution in [1.29, 1.82) is 0 Å². The molecule has 0 aliphatic heterocycles. The Bertz CT molecular complexity index is 504. The lowest BCUT2D eigenvalue weighted by Crippen LogP contribution is -2.17. The lowest BCUT2D eigenvalue weighted by Gasteiger charge is -2.15. The van der Waals surface area contributed by atoms with Crippen LogP contribution in [-0.4, -0.2) is 6.54 Å². The second-order valence-corrected chi connectivity index (χ2v) is 5.67. The van der Waals surface area contributed by atoms with Crippen LogP contribution in [0.25, 0.3) is 0 Å². The first kappa shape index (κ1) is 14.8. The fourth-order valence-corrected chi connectivity index (χ4v) is 2.72. The van der Waals surface area contributed by atoms with Gasteiger partial charge in [-0.3, -0.25) is 0 Å². The van der Waals surface area contributed by atoms with Gasteiger partial charge in [0, 0.05) is 0 Å². The molecule has 0 heterocycles. The Balaban J connectivity index is 1.80. The summed E-state index contributed by atoms with van der Waals surface area (Å²) in [7, 11) is 0. The molecule has 0 bridgehead atoms.